The minimum Gasteiger partial charge on any atom is -0.486 e. The van der Waals surface area contributed by atoms with Crippen LogP contribution in [-0.4, -0.2) is 56.4 Å². The molecule has 138 valence electrons. The number of para-hydroxylation sites is 2. The number of nitrogens with zero attached hydrogens (tertiary/aromatic N) is 1. The van der Waals surface area contributed by atoms with Gasteiger partial charge in [-0.3, -0.25) is 9.69 Å². The quantitative estimate of drug-likeness (QED) is 0.877. The third kappa shape index (κ3) is 4.00. The molecule has 3 heterocycles. The lowest BCUT2D eigenvalue weighted by Crippen LogP contribution is -2.40. The van der Waals surface area contributed by atoms with Gasteiger partial charge >= 0.3 is 0 Å². The van der Waals surface area contributed by atoms with Crippen molar-refractivity contribution in [1.29, 1.82) is 0 Å². The van der Waals surface area contributed by atoms with Gasteiger partial charge in [0.1, 0.15) is 24.7 Å². The van der Waals surface area contributed by atoms with Crippen molar-refractivity contribution in [2.24, 2.45) is 0 Å². The molecule has 1 atom stereocenters. The zero-order valence-electron chi connectivity index (χ0n) is 14.5. The van der Waals surface area contributed by atoms with Crippen molar-refractivity contribution >= 4 is 5.91 Å². The zero-order chi connectivity index (χ0) is 17.8. The third-order valence-corrected chi connectivity index (χ3v) is 4.46. The van der Waals surface area contributed by atoms with Gasteiger partial charge in [0.2, 0.25) is 0 Å². The van der Waals surface area contributed by atoms with Crippen molar-refractivity contribution in [2.45, 2.75) is 12.6 Å². The number of amides is 1. The maximum Gasteiger partial charge on any atom is 0.254 e. The minimum absolute atomic E-state index is 0.176. The predicted molar refractivity (Wildman–Crippen MR) is 93.5 cm³/mol. The minimum atomic E-state index is -0.214. The highest BCUT2D eigenvalue weighted by atomic mass is 16.6. The number of furan rings is 1. The molecule has 1 unspecified atom stereocenters. The highest BCUT2D eigenvalue weighted by Gasteiger charge is 2.22. The van der Waals surface area contributed by atoms with E-state index in [4.69, 9.17) is 18.6 Å². The Balaban J connectivity index is 1.27. The number of nitrogens with one attached hydrogen (secondary N) is 1. The predicted octanol–water partition coefficient (Wildman–Crippen LogP) is 1.68. The second-order valence-electron chi connectivity index (χ2n) is 6.40. The first-order chi connectivity index (χ1) is 12.8. The smallest absolute Gasteiger partial charge is 0.254 e. The number of rotatable bonds is 5. The van der Waals surface area contributed by atoms with E-state index in [-0.39, 0.29) is 12.0 Å². The van der Waals surface area contributed by atoms with Gasteiger partial charge in [-0.15, -0.1) is 0 Å². The molecule has 1 saturated heterocycles. The molecule has 0 aliphatic carbocycles. The first-order valence-corrected chi connectivity index (χ1v) is 8.82. The summed E-state index contributed by atoms with van der Waals surface area (Å²) in [7, 11) is 0. The topological polar surface area (TPSA) is 73.2 Å². The van der Waals surface area contributed by atoms with Crippen molar-refractivity contribution in [1.82, 2.24) is 10.2 Å². The molecule has 0 saturated carbocycles. The van der Waals surface area contributed by atoms with Gasteiger partial charge in [0, 0.05) is 13.1 Å². The number of hydrogen-bond acceptors (Lipinski definition) is 6. The number of hydrogen-bond donors (Lipinski definition) is 1. The summed E-state index contributed by atoms with van der Waals surface area (Å²) in [6, 6.07) is 9.31. The molecule has 0 bridgehead atoms. The largest absolute Gasteiger partial charge is 0.486 e. The molecule has 1 N–H and O–H groups in total. The van der Waals surface area contributed by atoms with E-state index in [0.29, 0.717) is 31.0 Å². The number of carbonyl (C=O) groups is 1. The number of fused-ring (bicyclic) bond motifs is 1. The standard InChI is InChI=1S/C19H22N2O5/c22-19(14-9-15(24-12-14)11-21-5-7-23-8-6-21)20-10-16-13-25-17-3-1-2-4-18(17)26-16/h1-4,9,12,16H,5-8,10-11,13H2,(H,20,22). The molecule has 1 aromatic carbocycles. The van der Waals surface area contributed by atoms with Gasteiger partial charge < -0.3 is 23.9 Å². The molecule has 4 rings (SSSR count). The Labute approximate surface area is 151 Å². The van der Waals surface area contributed by atoms with Gasteiger partial charge in [-0.1, -0.05) is 12.1 Å². The second kappa shape index (κ2) is 7.80. The zero-order valence-corrected chi connectivity index (χ0v) is 14.5. The van der Waals surface area contributed by atoms with E-state index >= 15 is 0 Å². The fraction of sp³-hybridized carbons (Fsp3) is 0.421. The van der Waals surface area contributed by atoms with Crippen molar-refractivity contribution in [3.8, 4) is 11.5 Å². The van der Waals surface area contributed by atoms with E-state index in [1.54, 1.807) is 6.07 Å². The third-order valence-electron chi connectivity index (χ3n) is 4.46. The fourth-order valence-electron chi connectivity index (χ4n) is 3.03. The molecule has 2 aliphatic rings. The normalized spacial score (nSPS) is 19.9. The average molecular weight is 358 g/mol. The van der Waals surface area contributed by atoms with Crippen LogP contribution >= 0.6 is 0 Å². The number of ether oxygens (including phenoxy) is 3. The Hall–Kier alpha value is -2.51. The average Bonchev–Trinajstić information content (AvgIpc) is 3.15. The lowest BCUT2D eigenvalue weighted by molar-refractivity contribution is 0.0313. The van der Waals surface area contributed by atoms with Crippen LogP contribution in [0.4, 0.5) is 0 Å². The fourth-order valence-corrected chi connectivity index (χ4v) is 3.03. The Bertz CT molecular complexity index is 754. The van der Waals surface area contributed by atoms with E-state index in [9.17, 15) is 4.79 Å². The summed E-state index contributed by atoms with van der Waals surface area (Å²) in [5.41, 5.74) is 0.519. The first kappa shape index (κ1) is 16.9. The van der Waals surface area contributed by atoms with Crippen LogP contribution in [0.5, 0.6) is 11.5 Å². The summed E-state index contributed by atoms with van der Waals surface area (Å²) in [4.78, 5) is 14.6. The summed E-state index contributed by atoms with van der Waals surface area (Å²) >= 11 is 0. The van der Waals surface area contributed by atoms with Crippen LogP contribution in [0.15, 0.2) is 41.0 Å². The van der Waals surface area contributed by atoms with Gasteiger partial charge in [-0.2, -0.15) is 0 Å². The summed E-state index contributed by atoms with van der Waals surface area (Å²) in [6.07, 6.45) is 1.28. The molecule has 1 amide bonds. The molecule has 7 nitrogen and oxygen atoms in total. The molecule has 1 fully saturated rings. The molecule has 0 radical (unpaired) electrons. The number of benzene rings is 1. The van der Waals surface area contributed by atoms with Gasteiger partial charge in [-0.05, 0) is 18.2 Å². The van der Waals surface area contributed by atoms with Crippen LogP contribution in [0.3, 0.4) is 0 Å². The Kier molecular flexibility index (Phi) is 5.08. The van der Waals surface area contributed by atoms with E-state index in [1.165, 1.54) is 6.26 Å². The molecule has 1 aromatic heterocycles. The van der Waals surface area contributed by atoms with Gasteiger partial charge in [0.15, 0.2) is 11.5 Å². The van der Waals surface area contributed by atoms with Crippen molar-refractivity contribution < 1.29 is 23.4 Å². The van der Waals surface area contributed by atoms with E-state index in [2.05, 4.69) is 10.2 Å². The molecule has 0 spiro atoms. The summed E-state index contributed by atoms with van der Waals surface area (Å²) < 4.78 is 22.4. The number of carbonyl (C=O) groups excluding carboxylic acids is 1. The maximum atomic E-state index is 12.3. The van der Waals surface area contributed by atoms with Crippen molar-refractivity contribution in [3.05, 3.63) is 47.9 Å². The van der Waals surface area contributed by atoms with Crippen molar-refractivity contribution in [2.75, 3.05) is 39.5 Å². The molecule has 2 aromatic rings. The SMILES string of the molecule is O=C(NCC1COc2ccccc2O1)c1coc(CN2CCOCC2)c1. The second-order valence-corrected chi connectivity index (χ2v) is 6.40. The summed E-state index contributed by atoms with van der Waals surface area (Å²) in [6.45, 7) is 4.70. The van der Waals surface area contributed by atoms with Crippen molar-refractivity contribution in [3.63, 3.8) is 0 Å². The van der Waals surface area contributed by atoms with Gasteiger partial charge in [0.05, 0.1) is 31.9 Å². The number of morpholine rings is 1. The van der Waals surface area contributed by atoms with Crippen LogP contribution < -0.4 is 14.8 Å². The van der Waals surface area contributed by atoms with E-state index < -0.39 is 0 Å². The van der Waals surface area contributed by atoms with Gasteiger partial charge in [0.25, 0.3) is 5.91 Å². The van der Waals surface area contributed by atoms with Crippen LogP contribution in [0.25, 0.3) is 0 Å². The summed E-state index contributed by atoms with van der Waals surface area (Å²) in [5.74, 6) is 2.04. The Morgan fingerprint density at radius 1 is 1.19 bits per heavy atom. The van der Waals surface area contributed by atoms with Gasteiger partial charge in [-0.25, -0.2) is 0 Å². The Morgan fingerprint density at radius 2 is 2.00 bits per heavy atom. The van der Waals surface area contributed by atoms with Crippen LogP contribution in [0, 0.1) is 0 Å². The van der Waals surface area contributed by atoms with E-state index in [1.807, 2.05) is 24.3 Å². The van der Waals surface area contributed by atoms with Crippen LogP contribution in [0.2, 0.25) is 0 Å². The molecule has 7 heteroatoms. The van der Waals surface area contributed by atoms with E-state index in [0.717, 1.165) is 37.8 Å². The lowest BCUT2D eigenvalue weighted by atomic mass is 10.2. The summed E-state index contributed by atoms with van der Waals surface area (Å²) in [5, 5.41) is 2.88. The maximum absolute atomic E-state index is 12.3. The van der Waals surface area contributed by atoms with Crippen LogP contribution in [-0.2, 0) is 11.3 Å². The lowest BCUT2D eigenvalue weighted by Gasteiger charge is -2.26. The first-order valence-electron chi connectivity index (χ1n) is 8.82. The molecular formula is C19H22N2O5. The molecular weight excluding hydrogens is 336 g/mol. The molecule has 2 aliphatic heterocycles. The molecule has 26 heavy (non-hydrogen) atoms. The monoisotopic (exact) mass is 358 g/mol. The highest BCUT2D eigenvalue weighted by molar-refractivity contribution is 5.93. The Morgan fingerprint density at radius 3 is 2.85 bits per heavy atom. The van der Waals surface area contributed by atoms with Crippen LogP contribution in [0.1, 0.15) is 16.1 Å². The highest BCUT2D eigenvalue weighted by Crippen LogP contribution is 2.30.